The predicted molar refractivity (Wildman–Crippen MR) is 343 cm³/mol. The van der Waals surface area contributed by atoms with Crippen LogP contribution in [0, 0.1) is 0 Å². The van der Waals surface area contributed by atoms with Crippen molar-refractivity contribution in [3.63, 3.8) is 0 Å². The zero-order chi connectivity index (χ0) is 54.0. The molecule has 14 aromatic rings. The molecule has 3 aliphatic rings. The molecule has 0 aliphatic carbocycles. The van der Waals surface area contributed by atoms with Gasteiger partial charge in [0.1, 0.15) is 0 Å². The Kier molecular flexibility index (Phi) is 10.3. The van der Waals surface area contributed by atoms with Gasteiger partial charge in [0, 0.05) is 0 Å². The minimum atomic E-state index is -0.746. The van der Waals surface area contributed by atoms with E-state index in [2.05, 4.69) is 322 Å². The normalized spacial score (nSPS) is 14.6. The fourth-order valence-electron chi connectivity index (χ4n) is 16.1. The van der Waals surface area contributed by atoms with Crippen LogP contribution in [-0.4, -0.2) is 6.71 Å². The third kappa shape index (κ3) is 6.23. The summed E-state index contributed by atoms with van der Waals surface area (Å²) in [5, 5.41) is 7.71. The molecular formula is C81H53B. The maximum atomic E-state index is 2.61. The van der Waals surface area contributed by atoms with Crippen LogP contribution in [0.15, 0.2) is 322 Å². The van der Waals surface area contributed by atoms with E-state index >= 15 is 0 Å². The highest BCUT2D eigenvalue weighted by Gasteiger charge is 2.61. The summed E-state index contributed by atoms with van der Waals surface area (Å²) in [4.78, 5) is 0. The van der Waals surface area contributed by atoms with E-state index in [9.17, 15) is 0 Å². The van der Waals surface area contributed by atoms with Gasteiger partial charge in [0.15, 0.2) is 0 Å². The molecule has 0 nitrogen and oxygen atoms in total. The molecule has 0 saturated heterocycles. The van der Waals surface area contributed by atoms with E-state index in [-0.39, 0.29) is 6.71 Å². The van der Waals surface area contributed by atoms with Crippen LogP contribution in [0.25, 0.3) is 54.6 Å². The highest BCUT2D eigenvalue weighted by molar-refractivity contribution is 6.98. The van der Waals surface area contributed by atoms with Gasteiger partial charge in [-0.15, -0.1) is 0 Å². The SMILES string of the molecule is c1ccc(C2(c3ccccc3)c3cccc4c3B3c5c2cccc5C(c2ccccc2)(c2ccccc2)c2cc(-c5ccc(-c6ccc7c8ccccc8c8ccccc8c7c6)cc5)cc(c23)C4(c2ccccc2)c2ccccc2)cc1. The zero-order valence-electron chi connectivity index (χ0n) is 45.2. The van der Waals surface area contributed by atoms with E-state index in [0.29, 0.717) is 0 Å². The highest BCUT2D eigenvalue weighted by atomic mass is 14.6. The molecule has 0 fully saturated rings. The van der Waals surface area contributed by atoms with Gasteiger partial charge in [0.2, 0.25) is 6.71 Å². The number of hydrogen-bond acceptors (Lipinski definition) is 0. The molecule has 0 amide bonds. The monoisotopic (exact) mass is 1040 g/mol. The Labute approximate surface area is 479 Å². The predicted octanol–water partition coefficient (Wildman–Crippen LogP) is 17.1. The first-order valence-corrected chi connectivity index (χ1v) is 28.9. The third-order valence-corrected chi connectivity index (χ3v) is 19.2. The lowest BCUT2D eigenvalue weighted by Gasteiger charge is -2.56. The van der Waals surface area contributed by atoms with Gasteiger partial charge >= 0.3 is 0 Å². The molecule has 0 spiro atoms. The smallest absolute Gasteiger partial charge is 0.0622 e. The Morgan fingerprint density at radius 1 is 0.171 bits per heavy atom. The van der Waals surface area contributed by atoms with Gasteiger partial charge in [-0.25, -0.2) is 0 Å². The topological polar surface area (TPSA) is 0 Å². The lowest BCUT2D eigenvalue weighted by atomic mass is 9.22. The summed E-state index contributed by atoms with van der Waals surface area (Å²) in [6.07, 6.45) is 0. The minimum Gasteiger partial charge on any atom is -0.0622 e. The van der Waals surface area contributed by atoms with Crippen molar-refractivity contribution in [1.82, 2.24) is 0 Å². The summed E-state index contributed by atoms with van der Waals surface area (Å²) in [5.74, 6) is 0. The quantitative estimate of drug-likeness (QED) is 0.105. The molecule has 0 atom stereocenters. The van der Waals surface area contributed by atoms with Crippen LogP contribution in [0.2, 0.25) is 0 Å². The van der Waals surface area contributed by atoms with Gasteiger partial charge in [-0.2, -0.15) is 0 Å². The summed E-state index contributed by atoms with van der Waals surface area (Å²) in [5.41, 5.74) is 22.3. The Bertz CT molecular complexity index is 4500. The van der Waals surface area contributed by atoms with Crippen LogP contribution in [0.1, 0.15) is 66.8 Å². The molecule has 0 bridgehead atoms. The van der Waals surface area contributed by atoms with E-state index < -0.39 is 16.2 Å². The molecule has 82 heavy (non-hydrogen) atoms. The average molecular weight is 1040 g/mol. The Morgan fingerprint density at radius 3 is 0.768 bits per heavy atom. The Morgan fingerprint density at radius 2 is 0.427 bits per heavy atom. The van der Waals surface area contributed by atoms with E-state index in [0.717, 1.165) is 0 Å². The molecule has 3 heterocycles. The first kappa shape index (κ1) is 46.8. The molecule has 380 valence electrons. The van der Waals surface area contributed by atoms with Gasteiger partial charge < -0.3 is 0 Å². The van der Waals surface area contributed by atoms with Crippen molar-refractivity contribution in [3.05, 3.63) is 388 Å². The first-order valence-electron chi connectivity index (χ1n) is 28.9. The molecule has 17 rings (SSSR count). The molecule has 14 aromatic carbocycles. The first-order chi connectivity index (χ1) is 40.7. The van der Waals surface area contributed by atoms with E-state index in [1.54, 1.807) is 0 Å². The van der Waals surface area contributed by atoms with Gasteiger partial charge in [-0.05, 0) is 127 Å². The van der Waals surface area contributed by atoms with Crippen LogP contribution in [0.4, 0.5) is 0 Å². The van der Waals surface area contributed by atoms with Gasteiger partial charge in [-0.1, -0.05) is 332 Å². The van der Waals surface area contributed by atoms with Crippen LogP contribution in [0.5, 0.6) is 0 Å². The fourth-order valence-corrected chi connectivity index (χ4v) is 16.1. The summed E-state index contributed by atoms with van der Waals surface area (Å²) in [7, 11) is 0. The Balaban J connectivity index is 1.01. The molecular weight excluding hydrogens is 984 g/mol. The highest BCUT2D eigenvalue weighted by Crippen LogP contribution is 2.57. The summed E-state index contributed by atoms with van der Waals surface area (Å²) in [6, 6.07) is 123. The number of benzene rings is 14. The molecule has 0 saturated carbocycles. The molecule has 1 heteroatoms. The van der Waals surface area contributed by atoms with Gasteiger partial charge in [0.25, 0.3) is 0 Å². The largest absolute Gasteiger partial charge is 0.243 e. The van der Waals surface area contributed by atoms with Crippen molar-refractivity contribution in [2.75, 3.05) is 0 Å². The van der Waals surface area contributed by atoms with Crippen molar-refractivity contribution in [3.8, 4) is 22.3 Å². The second kappa shape index (κ2) is 18.0. The summed E-state index contributed by atoms with van der Waals surface area (Å²) < 4.78 is 0. The van der Waals surface area contributed by atoms with Crippen molar-refractivity contribution in [1.29, 1.82) is 0 Å². The molecule has 0 N–H and O–H groups in total. The second-order valence-electron chi connectivity index (χ2n) is 22.8. The maximum Gasteiger partial charge on any atom is 0.243 e. The fraction of sp³-hybridized carbons (Fsp3) is 0.0370. The van der Waals surface area contributed by atoms with E-state index in [1.165, 1.54) is 138 Å². The summed E-state index contributed by atoms with van der Waals surface area (Å²) in [6.45, 7) is -0.0819. The Hall–Kier alpha value is -10.1. The maximum absolute atomic E-state index is 2.61. The lowest BCUT2D eigenvalue weighted by molar-refractivity contribution is 0.697. The lowest BCUT2D eigenvalue weighted by Crippen LogP contribution is -2.73. The minimum absolute atomic E-state index is 0.0819. The molecule has 3 aliphatic heterocycles. The van der Waals surface area contributed by atoms with Gasteiger partial charge in [-0.3, -0.25) is 0 Å². The zero-order valence-corrected chi connectivity index (χ0v) is 45.2. The summed E-state index contributed by atoms with van der Waals surface area (Å²) >= 11 is 0. The van der Waals surface area contributed by atoms with Crippen LogP contribution in [0.3, 0.4) is 0 Å². The van der Waals surface area contributed by atoms with Crippen LogP contribution >= 0.6 is 0 Å². The molecule has 0 unspecified atom stereocenters. The molecule has 0 radical (unpaired) electrons. The van der Waals surface area contributed by atoms with Crippen LogP contribution < -0.4 is 16.4 Å². The van der Waals surface area contributed by atoms with Crippen molar-refractivity contribution >= 4 is 55.4 Å². The van der Waals surface area contributed by atoms with E-state index in [1.807, 2.05) is 0 Å². The van der Waals surface area contributed by atoms with E-state index in [4.69, 9.17) is 0 Å². The third-order valence-electron chi connectivity index (χ3n) is 19.2. The second-order valence-corrected chi connectivity index (χ2v) is 22.8. The number of rotatable bonds is 8. The van der Waals surface area contributed by atoms with Crippen molar-refractivity contribution in [2.45, 2.75) is 16.2 Å². The van der Waals surface area contributed by atoms with Crippen molar-refractivity contribution in [2.24, 2.45) is 0 Å². The van der Waals surface area contributed by atoms with Crippen molar-refractivity contribution < 1.29 is 0 Å². The number of hydrogen-bond donors (Lipinski definition) is 0. The molecule has 0 aromatic heterocycles. The van der Waals surface area contributed by atoms with Gasteiger partial charge in [0.05, 0.1) is 16.2 Å². The average Bonchev–Trinajstić information content (AvgIpc) is 0.770. The van der Waals surface area contributed by atoms with Crippen LogP contribution in [-0.2, 0) is 16.2 Å². The standard InChI is InChI=1S/C81H53B/c1-7-25-58(26-8-1)79(59-27-9-2-10-28-59)70-41-23-43-72-76(70)82-77-71(79)42-24-44-73(77)81(62-33-15-5-16-34-62,63-35-17-6-18-36-63)75-53-57(52-74(78(75)82)80(72,60-29-11-3-12-30-60)61-31-13-4-14-32-61)55-47-45-54(46-48-55)56-49-50-68-66-39-20-19-37-64(66)65-38-21-22-40-67(65)69(68)51-56/h1-53H. The number of fused-ring (bicyclic) bond motifs is 6.